The van der Waals surface area contributed by atoms with Crippen LogP contribution in [0.2, 0.25) is 0 Å². The largest absolute Gasteiger partial charge is 0.457 e. The van der Waals surface area contributed by atoms with Crippen molar-refractivity contribution in [3.63, 3.8) is 0 Å². The number of ether oxygens (including phenoxy) is 3. The van der Waals surface area contributed by atoms with Crippen molar-refractivity contribution in [1.82, 2.24) is 0 Å². The van der Waals surface area contributed by atoms with Gasteiger partial charge in [0, 0.05) is 6.92 Å². The fourth-order valence-corrected chi connectivity index (χ4v) is 2.59. The van der Waals surface area contributed by atoms with E-state index >= 15 is 0 Å². The molecule has 0 aliphatic carbocycles. The van der Waals surface area contributed by atoms with E-state index in [1.165, 1.54) is 6.92 Å². The molecule has 1 N–H and O–H groups in total. The van der Waals surface area contributed by atoms with Gasteiger partial charge in [0.05, 0.1) is 18.8 Å². The van der Waals surface area contributed by atoms with Gasteiger partial charge >= 0.3 is 5.97 Å². The zero-order valence-electron chi connectivity index (χ0n) is 12.6. The van der Waals surface area contributed by atoms with E-state index < -0.39 is 24.3 Å². The lowest BCUT2D eigenvalue weighted by molar-refractivity contribution is -0.237. The summed E-state index contributed by atoms with van der Waals surface area (Å²) in [6.45, 7) is 5.31. The second-order valence-electron chi connectivity index (χ2n) is 5.37. The first-order valence-electron chi connectivity index (χ1n) is 7.15. The molecular formula is C16H22O5. The fourth-order valence-electron chi connectivity index (χ4n) is 2.59. The van der Waals surface area contributed by atoms with Crippen LogP contribution in [0.15, 0.2) is 30.3 Å². The monoisotopic (exact) mass is 294 g/mol. The molecule has 2 unspecified atom stereocenters. The minimum absolute atomic E-state index is 0.273. The molecule has 5 nitrogen and oxygen atoms in total. The highest BCUT2D eigenvalue weighted by Crippen LogP contribution is 2.26. The van der Waals surface area contributed by atoms with Gasteiger partial charge in [-0.3, -0.25) is 4.79 Å². The molecule has 1 aromatic rings. The summed E-state index contributed by atoms with van der Waals surface area (Å²) in [6.07, 6.45) is -2.79. The summed E-state index contributed by atoms with van der Waals surface area (Å²) in [5.41, 5.74) is 1.01. The van der Waals surface area contributed by atoms with E-state index in [0.29, 0.717) is 6.61 Å². The van der Waals surface area contributed by atoms with E-state index in [9.17, 15) is 9.90 Å². The van der Waals surface area contributed by atoms with E-state index in [4.69, 9.17) is 14.2 Å². The van der Waals surface area contributed by atoms with Crippen molar-refractivity contribution in [3.8, 4) is 0 Å². The van der Waals surface area contributed by atoms with Crippen molar-refractivity contribution in [2.24, 2.45) is 0 Å². The van der Waals surface area contributed by atoms with Crippen molar-refractivity contribution in [3.05, 3.63) is 35.9 Å². The molecule has 1 heterocycles. The minimum Gasteiger partial charge on any atom is -0.457 e. The Morgan fingerprint density at radius 1 is 1.19 bits per heavy atom. The molecular weight excluding hydrogens is 272 g/mol. The van der Waals surface area contributed by atoms with Gasteiger partial charge in [-0.05, 0) is 19.4 Å². The molecule has 116 valence electrons. The van der Waals surface area contributed by atoms with E-state index in [1.54, 1.807) is 6.92 Å². The number of aliphatic hydroxyl groups is 1. The summed E-state index contributed by atoms with van der Waals surface area (Å²) in [7, 11) is 0. The lowest BCUT2D eigenvalue weighted by Gasteiger charge is -2.41. The molecule has 2 rings (SSSR count). The Morgan fingerprint density at radius 3 is 2.43 bits per heavy atom. The minimum atomic E-state index is -0.906. The van der Waals surface area contributed by atoms with E-state index in [1.807, 2.05) is 37.3 Å². The highest BCUT2D eigenvalue weighted by molar-refractivity contribution is 5.66. The van der Waals surface area contributed by atoms with Crippen LogP contribution in [0.3, 0.4) is 0 Å². The SMILES string of the molecule is CC(=O)O[C@@H]1C(O)[C@@H](OCc2ccccc2)C(C)O[C@H]1C. The Bertz CT molecular complexity index is 461. The molecule has 1 fully saturated rings. The average molecular weight is 294 g/mol. The highest BCUT2D eigenvalue weighted by atomic mass is 16.6. The van der Waals surface area contributed by atoms with Crippen LogP contribution in [0.1, 0.15) is 26.3 Å². The van der Waals surface area contributed by atoms with Crippen LogP contribution in [-0.4, -0.2) is 41.6 Å². The van der Waals surface area contributed by atoms with Gasteiger partial charge in [-0.2, -0.15) is 0 Å². The molecule has 5 heteroatoms. The normalized spacial score (nSPS) is 32.7. The molecule has 21 heavy (non-hydrogen) atoms. The van der Waals surface area contributed by atoms with Crippen molar-refractivity contribution >= 4 is 5.97 Å². The predicted molar refractivity (Wildman–Crippen MR) is 76.6 cm³/mol. The lowest BCUT2D eigenvalue weighted by atomic mass is 9.96. The standard InChI is InChI=1S/C16H22O5/c1-10-15(19-9-13-7-5-4-6-8-13)14(18)16(11(2)20-10)21-12(3)17/h4-8,10-11,14-16,18H,9H2,1-3H3/t10?,11-,14?,15-,16-/m0/s1. The maximum Gasteiger partial charge on any atom is 0.303 e. The molecule has 1 saturated heterocycles. The molecule has 0 saturated carbocycles. The maximum absolute atomic E-state index is 11.1. The molecule has 1 aromatic carbocycles. The summed E-state index contributed by atoms with van der Waals surface area (Å²) in [4.78, 5) is 11.1. The number of hydrogen-bond donors (Lipinski definition) is 1. The zero-order valence-corrected chi connectivity index (χ0v) is 12.6. The molecule has 5 atom stereocenters. The van der Waals surface area contributed by atoms with E-state index in [0.717, 1.165) is 5.56 Å². The van der Waals surface area contributed by atoms with Crippen LogP contribution in [0.4, 0.5) is 0 Å². The predicted octanol–water partition coefficient (Wildman–Crippen LogP) is 1.67. The quantitative estimate of drug-likeness (QED) is 0.856. The van der Waals surface area contributed by atoms with Gasteiger partial charge in [-0.1, -0.05) is 30.3 Å². The van der Waals surface area contributed by atoms with Crippen molar-refractivity contribution < 1.29 is 24.1 Å². The number of carbonyl (C=O) groups excluding carboxylic acids is 1. The number of rotatable bonds is 4. The third kappa shape index (κ3) is 4.03. The van der Waals surface area contributed by atoms with Crippen LogP contribution < -0.4 is 0 Å². The molecule has 1 aliphatic rings. The zero-order chi connectivity index (χ0) is 15.4. The molecule has 1 aliphatic heterocycles. The van der Waals surface area contributed by atoms with E-state index in [2.05, 4.69) is 0 Å². The molecule has 0 amide bonds. The Kier molecular flexibility index (Phi) is 5.33. The molecule has 0 aromatic heterocycles. The first-order chi connectivity index (χ1) is 9.99. The van der Waals surface area contributed by atoms with Crippen LogP contribution in [0, 0.1) is 0 Å². The lowest BCUT2D eigenvalue weighted by Crippen LogP contribution is -2.57. The molecule has 0 spiro atoms. The van der Waals surface area contributed by atoms with E-state index in [-0.39, 0.29) is 12.2 Å². The number of carbonyl (C=O) groups is 1. The van der Waals surface area contributed by atoms with Crippen LogP contribution in [0.25, 0.3) is 0 Å². The second kappa shape index (κ2) is 7.02. The van der Waals surface area contributed by atoms with Crippen LogP contribution in [-0.2, 0) is 25.6 Å². The van der Waals surface area contributed by atoms with Gasteiger partial charge < -0.3 is 19.3 Å². The Hall–Kier alpha value is -1.43. The van der Waals surface area contributed by atoms with Crippen molar-refractivity contribution in [2.75, 3.05) is 0 Å². The number of aliphatic hydroxyl groups excluding tert-OH is 1. The topological polar surface area (TPSA) is 65.0 Å². The fraction of sp³-hybridized carbons (Fsp3) is 0.562. The number of esters is 1. The first kappa shape index (κ1) is 15.9. The Labute approximate surface area is 124 Å². The van der Waals surface area contributed by atoms with Gasteiger partial charge in [0.1, 0.15) is 12.2 Å². The third-order valence-electron chi connectivity index (χ3n) is 3.62. The Balaban J connectivity index is 2.01. The summed E-state index contributed by atoms with van der Waals surface area (Å²) < 4.78 is 16.6. The van der Waals surface area contributed by atoms with Crippen molar-refractivity contribution in [1.29, 1.82) is 0 Å². The maximum atomic E-state index is 11.1. The second-order valence-corrected chi connectivity index (χ2v) is 5.37. The highest BCUT2D eigenvalue weighted by Gasteiger charge is 2.44. The van der Waals surface area contributed by atoms with Gasteiger partial charge in [0.25, 0.3) is 0 Å². The summed E-state index contributed by atoms with van der Waals surface area (Å²) >= 11 is 0. The first-order valence-corrected chi connectivity index (χ1v) is 7.15. The van der Waals surface area contributed by atoms with Crippen LogP contribution >= 0.6 is 0 Å². The van der Waals surface area contributed by atoms with Gasteiger partial charge in [-0.25, -0.2) is 0 Å². The van der Waals surface area contributed by atoms with Crippen molar-refractivity contribution in [2.45, 2.75) is 57.9 Å². The summed E-state index contributed by atoms with van der Waals surface area (Å²) in [5, 5.41) is 10.4. The van der Waals surface area contributed by atoms with Gasteiger partial charge in [0.2, 0.25) is 0 Å². The summed E-state index contributed by atoms with van der Waals surface area (Å²) in [6, 6.07) is 9.70. The average Bonchev–Trinajstić information content (AvgIpc) is 2.44. The molecule has 0 bridgehead atoms. The number of benzene rings is 1. The number of hydrogen-bond acceptors (Lipinski definition) is 5. The van der Waals surface area contributed by atoms with Gasteiger partial charge in [0.15, 0.2) is 6.10 Å². The molecule has 0 radical (unpaired) electrons. The summed E-state index contributed by atoms with van der Waals surface area (Å²) in [5.74, 6) is -0.439. The smallest absolute Gasteiger partial charge is 0.303 e. The van der Waals surface area contributed by atoms with Gasteiger partial charge in [-0.15, -0.1) is 0 Å². The van der Waals surface area contributed by atoms with Crippen LogP contribution in [0.5, 0.6) is 0 Å². The third-order valence-corrected chi connectivity index (χ3v) is 3.62. The Morgan fingerprint density at radius 2 is 1.81 bits per heavy atom.